The van der Waals surface area contributed by atoms with Gasteiger partial charge in [0.05, 0.1) is 0 Å². The molecular formula is C13H27N3O2. The first-order valence-electron chi connectivity index (χ1n) is 6.79. The van der Waals surface area contributed by atoms with Crippen LogP contribution in [0.2, 0.25) is 0 Å². The molecule has 1 unspecified atom stereocenters. The number of amides is 2. The molecule has 2 amide bonds. The van der Waals surface area contributed by atoms with Gasteiger partial charge < -0.3 is 16.4 Å². The van der Waals surface area contributed by atoms with E-state index in [0.29, 0.717) is 31.8 Å². The van der Waals surface area contributed by atoms with E-state index in [1.54, 1.807) is 0 Å². The minimum atomic E-state index is -0.448. The van der Waals surface area contributed by atoms with Crippen molar-refractivity contribution >= 4 is 12.3 Å². The number of rotatable bonds is 11. The van der Waals surface area contributed by atoms with E-state index in [9.17, 15) is 9.59 Å². The summed E-state index contributed by atoms with van der Waals surface area (Å²) in [6.45, 7) is 5.58. The standard InChI is InChI=1S/C13H27N3O2/c1-11(2)6-3-4-9-15-13(18)12(16-10-17)7-5-8-14/h10-12H,3-9,14H2,1-2H3,(H,15,18)(H,16,17). The Morgan fingerprint density at radius 3 is 2.50 bits per heavy atom. The van der Waals surface area contributed by atoms with Gasteiger partial charge in [-0.1, -0.05) is 26.7 Å². The molecule has 0 aliphatic rings. The summed E-state index contributed by atoms with van der Waals surface area (Å²) in [5.41, 5.74) is 5.39. The molecular weight excluding hydrogens is 230 g/mol. The maximum Gasteiger partial charge on any atom is 0.242 e. The van der Waals surface area contributed by atoms with Gasteiger partial charge in [0.15, 0.2) is 0 Å². The van der Waals surface area contributed by atoms with Crippen molar-refractivity contribution < 1.29 is 9.59 Å². The SMILES string of the molecule is CC(C)CCCCNC(=O)C(CCCN)NC=O. The second-order valence-corrected chi connectivity index (χ2v) is 4.95. The molecule has 0 saturated heterocycles. The van der Waals surface area contributed by atoms with Crippen LogP contribution in [0.1, 0.15) is 46.0 Å². The van der Waals surface area contributed by atoms with Gasteiger partial charge in [-0.3, -0.25) is 9.59 Å². The summed E-state index contributed by atoms with van der Waals surface area (Å²) in [5, 5.41) is 5.38. The van der Waals surface area contributed by atoms with Crippen LogP contribution in [0.15, 0.2) is 0 Å². The number of hydrogen-bond donors (Lipinski definition) is 3. The Bertz CT molecular complexity index is 232. The zero-order valence-corrected chi connectivity index (χ0v) is 11.6. The molecule has 4 N–H and O–H groups in total. The fourth-order valence-corrected chi connectivity index (χ4v) is 1.71. The summed E-state index contributed by atoms with van der Waals surface area (Å²) in [4.78, 5) is 22.2. The lowest BCUT2D eigenvalue weighted by molar-refractivity contribution is -0.125. The lowest BCUT2D eigenvalue weighted by Gasteiger charge is -2.15. The largest absolute Gasteiger partial charge is 0.354 e. The molecule has 0 rings (SSSR count). The van der Waals surface area contributed by atoms with E-state index in [1.807, 2.05) is 0 Å². The summed E-state index contributed by atoms with van der Waals surface area (Å²) in [5.74, 6) is 0.592. The third-order valence-corrected chi connectivity index (χ3v) is 2.79. The van der Waals surface area contributed by atoms with E-state index in [0.717, 1.165) is 19.3 Å². The third kappa shape index (κ3) is 8.98. The summed E-state index contributed by atoms with van der Waals surface area (Å²) >= 11 is 0. The Morgan fingerprint density at radius 2 is 1.94 bits per heavy atom. The van der Waals surface area contributed by atoms with Gasteiger partial charge in [-0.2, -0.15) is 0 Å². The average molecular weight is 257 g/mol. The highest BCUT2D eigenvalue weighted by molar-refractivity contribution is 5.83. The normalized spacial score (nSPS) is 12.2. The highest BCUT2D eigenvalue weighted by Gasteiger charge is 2.15. The molecule has 0 aliphatic heterocycles. The number of unbranched alkanes of at least 4 members (excludes halogenated alkanes) is 1. The van der Waals surface area contributed by atoms with Gasteiger partial charge in [-0.15, -0.1) is 0 Å². The zero-order chi connectivity index (χ0) is 13.8. The fraction of sp³-hybridized carbons (Fsp3) is 0.846. The van der Waals surface area contributed by atoms with Gasteiger partial charge in [0, 0.05) is 6.54 Å². The van der Waals surface area contributed by atoms with Crippen LogP contribution in [-0.4, -0.2) is 31.4 Å². The molecule has 0 heterocycles. The predicted octanol–water partition coefficient (Wildman–Crippen LogP) is 0.782. The molecule has 0 aromatic heterocycles. The zero-order valence-electron chi connectivity index (χ0n) is 11.6. The Kier molecular flexibility index (Phi) is 10.3. The quantitative estimate of drug-likeness (QED) is 0.378. The molecule has 0 aliphatic carbocycles. The van der Waals surface area contributed by atoms with E-state index in [-0.39, 0.29) is 5.91 Å². The van der Waals surface area contributed by atoms with Crippen molar-refractivity contribution in [1.82, 2.24) is 10.6 Å². The minimum Gasteiger partial charge on any atom is -0.354 e. The minimum absolute atomic E-state index is 0.111. The summed E-state index contributed by atoms with van der Waals surface area (Å²) in [6.07, 6.45) is 5.17. The van der Waals surface area contributed by atoms with Crippen molar-refractivity contribution in [1.29, 1.82) is 0 Å². The maximum absolute atomic E-state index is 11.8. The van der Waals surface area contributed by atoms with Crippen LogP contribution in [0.3, 0.4) is 0 Å². The molecule has 1 atom stereocenters. The molecule has 0 bridgehead atoms. The van der Waals surface area contributed by atoms with Crippen LogP contribution in [0.5, 0.6) is 0 Å². The molecule has 0 radical (unpaired) electrons. The van der Waals surface area contributed by atoms with Gasteiger partial charge in [0.1, 0.15) is 6.04 Å². The predicted molar refractivity (Wildman–Crippen MR) is 73.0 cm³/mol. The van der Waals surface area contributed by atoms with Crippen molar-refractivity contribution in [2.45, 2.75) is 52.0 Å². The first-order chi connectivity index (χ1) is 8.61. The van der Waals surface area contributed by atoms with Crippen molar-refractivity contribution in [2.24, 2.45) is 11.7 Å². The molecule has 0 aromatic carbocycles. The molecule has 5 heteroatoms. The third-order valence-electron chi connectivity index (χ3n) is 2.79. The smallest absolute Gasteiger partial charge is 0.242 e. The first-order valence-corrected chi connectivity index (χ1v) is 6.79. The maximum atomic E-state index is 11.8. The summed E-state index contributed by atoms with van der Waals surface area (Å²) < 4.78 is 0. The van der Waals surface area contributed by atoms with Crippen molar-refractivity contribution in [3.63, 3.8) is 0 Å². The average Bonchev–Trinajstić information content (AvgIpc) is 2.33. The topological polar surface area (TPSA) is 84.2 Å². The van der Waals surface area contributed by atoms with Crippen LogP contribution in [0.4, 0.5) is 0 Å². The molecule has 0 fully saturated rings. The van der Waals surface area contributed by atoms with E-state index in [4.69, 9.17) is 5.73 Å². The Morgan fingerprint density at radius 1 is 1.22 bits per heavy atom. The molecule has 0 saturated carbocycles. The number of carbonyl (C=O) groups excluding carboxylic acids is 2. The monoisotopic (exact) mass is 257 g/mol. The van der Waals surface area contributed by atoms with Gasteiger partial charge >= 0.3 is 0 Å². The Labute approximate surface area is 110 Å². The van der Waals surface area contributed by atoms with Gasteiger partial charge in [0.25, 0.3) is 0 Å². The number of hydrogen-bond acceptors (Lipinski definition) is 3. The van der Waals surface area contributed by atoms with Gasteiger partial charge in [-0.25, -0.2) is 0 Å². The lowest BCUT2D eigenvalue weighted by atomic mass is 10.1. The lowest BCUT2D eigenvalue weighted by Crippen LogP contribution is -2.44. The van der Waals surface area contributed by atoms with Crippen molar-refractivity contribution in [2.75, 3.05) is 13.1 Å². The van der Waals surface area contributed by atoms with Crippen molar-refractivity contribution in [3.05, 3.63) is 0 Å². The number of carbonyl (C=O) groups is 2. The van der Waals surface area contributed by atoms with Crippen LogP contribution in [0, 0.1) is 5.92 Å². The molecule has 0 spiro atoms. The highest BCUT2D eigenvalue weighted by atomic mass is 16.2. The fourth-order valence-electron chi connectivity index (χ4n) is 1.71. The van der Waals surface area contributed by atoms with E-state index in [2.05, 4.69) is 24.5 Å². The number of nitrogens with one attached hydrogen (secondary N) is 2. The molecule has 5 nitrogen and oxygen atoms in total. The molecule has 106 valence electrons. The Hall–Kier alpha value is -1.10. The Balaban J connectivity index is 3.77. The number of nitrogens with two attached hydrogens (primary N) is 1. The van der Waals surface area contributed by atoms with Crippen molar-refractivity contribution in [3.8, 4) is 0 Å². The van der Waals surface area contributed by atoms with Gasteiger partial charge in [0.2, 0.25) is 12.3 Å². The van der Waals surface area contributed by atoms with Crippen LogP contribution < -0.4 is 16.4 Å². The van der Waals surface area contributed by atoms with E-state index >= 15 is 0 Å². The van der Waals surface area contributed by atoms with Crippen LogP contribution >= 0.6 is 0 Å². The summed E-state index contributed by atoms with van der Waals surface area (Å²) in [7, 11) is 0. The highest BCUT2D eigenvalue weighted by Crippen LogP contribution is 2.05. The molecule has 18 heavy (non-hydrogen) atoms. The second kappa shape index (κ2) is 11.0. The van der Waals surface area contributed by atoms with Gasteiger partial charge in [-0.05, 0) is 31.7 Å². The molecule has 0 aromatic rings. The van der Waals surface area contributed by atoms with Crippen LogP contribution in [0.25, 0.3) is 0 Å². The van der Waals surface area contributed by atoms with E-state index in [1.165, 1.54) is 6.42 Å². The second-order valence-electron chi connectivity index (χ2n) is 4.95. The summed E-state index contributed by atoms with van der Waals surface area (Å²) in [6, 6.07) is -0.448. The van der Waals surface area contributed by atoms with E-state index < -0.39 is 6.04 Å². The first kappa shape index (κ1) is 16.9. The van der Waals surface area contributed by atoms with Crippen LogP contribution in [-0.2, 0) is 9.59 Å².